The molecule has 2 rings (SSSR count). The number of aromatic nitrogens is 4. The van der Waals surface area contributed by atoms with Crippen molar-refractivity contribution < 1.29 is 14.6 Å². The Morgan fingerprint density at radius 2 is 2.29 bits per heavy atom. The fourth-order valence-electron chi connectivity index (χ4n) is 1.30. The van der Waals surface area contributed by atoms with Gasteiger partial charge in [-0.2, -0.15) is 0 Å². The number of ether oxygens (including phenoxy) is 1. The van der Waals surface area contributed by atoms with Crippen LogP contribution in [0.15, 0.2) is 24.8 Å². The van der Waals surface area contributed by atoms with E-state index < -0.39 is 12.6 Å². The molecule has 0 fully saturated rings. The van der Waals surface area contributed by atoms with Gasteiger partial charge in [0.05, 0.1) is 0 Å². The molecule has 2 aromatic rings. The van der Waals surface area contributed by atoms with Gasteiger partial charge in [0, 0.05) is 18.5 Å². The van der Waals surface area contributed by atoms with Crippen LogP contribution in [0.2, 0.25) is 0 Å². The lowest BCUT2D eigenvalue weighted by Crippen LogP contribution is -2.11. The van der Waals surface area contributed by atoms with Crippen molar-refractivity contribution >= 4 is 5.97 Å². The zero-order chi connectivity index (χ0) is 12.3. The summed E-state index contributed by atoms with van der Waals surface area (Å²) in [7, 11) is 0. The quantitative estimate of drug-likeness (QED) is 0.825. The molecule has 2 heterocycles. The minimum atomic E-state index is -1.05. The summed E-state index contributed by atoms with van der Waals surface area (Å²) in [5, 5.41) is 8.49. The summed E-state index contributed by atoms with van der Waals surface area (Å²) >= 11 is 0. The normalized spacial score (nSPS) is 10.2. The predicted molar refractivity (Wildman–Crippen MR) is 57.0 cm³/mol. The number of hydrogen-bond acceptors (Lipinski definition) is 5. The van der Waals surface area contributed by atoms with Crippen LogP contribution in [0.1, 0.15) is 5.82 Å². The maximum atomic E-state index is 10.4. The lowest BCUT2D eigenvalue weighted by molar-refractivity contribution is -0.139. The predicted octanol–water partition coefficient (Wildman–Crippen LogP) is 0.434. The molecular weight excluding hydrogens is 224 g/mol. The van der Waals surface area contributed by atoms with Gasteiger partial charge in [-0.25, -0.2) is 19.7 Å². The van der Waals surface area contributed by atoms with Gasteiger partial charge >= 0.3 is 5.97 Å². The van der Waals surface area contributed by atoms with Crippen LogP contribution in [0.25, 0.3) is 5.82 Å². The number of imidazole rings is 1. The summed E-state index contributed by atoms with van der Waals surface area (Å²) in [6, 6.07) is 1.55. The zero-order valence-corrected chi connectivity index (χ0v) is 9.07. The van der Waals surface area contributed by atoms with E-state index in [0.717, 1.165) is 5.82 Å². The molecule has 0 unspecified atom stereocenters. The minimum absolute atomic E-state index is 0.213. The number of hydrogen-bond donors (Lipinski definition) is 1. The summed E-state index contributed by atoms with van der Waals surface area (Å²) in [5.74, 6) is 0.512. The molecule has 0 aliphatic rings. The number of nitrogens with zero attached hydrogens (tertiary/aromatic N) is 4. The summed E-state index contributed by atoms with van der Waals surface area (Å²) in [5.41, 5.74) is 0. The first-order valence-electron chi connectivity index (χ1n) is 4.84. The Hall–Kier alpha value is -2.44. The minimum Gasteiger partial charge on any atom is -0.479 e. The lowest BCUT2D eigenvalue weighted by atomic mass is 10.5. The highest BCUT2D eigenvalue weighted by atomic mass is 16.5. The molecule has 2 aromatic heterocycles. The molecule has 7 nitrogen and oxygen atoms in total. The first-order chi connectivity index (χ1) is 8.16. The molecule has 0 saturated carbocycles. The van der Waals surface area contributed by atoms with Crippen LogP contribution in [0.3, 0.4) is 0 Å². The fraction of sp³-hybridized carbons (Fsp3) is 0.200. The van der Waals surface area contributed by atoms with Crippen LogP contribution in [-0.2, 0) is 4.79 Å². The topological polar surface area (TPSA) is 90.1 Å². The van der Waals surface area contributed by atoms with Gasteiger partial charge in [0.25, 0.3) is 0 Å². The van der Waals surface area contributed by atoms with E-state index in [9.17, 15) is 4.79 Å². The molecule has 0 saturated heterocycles. The van der Waals surface area contributed by atoms with Crippen molar-refractivity contribution in [3.05, 3.63) is 30.6 Å². The third kappa shape index (κ3) is 2.57. The largest absolute Gasteiger partial charge is 0.479 e. The van der Waals surface area contributed by atoms with E-state index in [1.165, 1.54) is 6.33 Å². The first kappa shape index (κ1) is 11.1. The second-order valence-electron chi connectivity index (χ2n) is 3.24. The number of rotatable bonds is 4. The Morgan fingerprint density at radius 3 is 2.94 bits per heavy atom. The summed E-state index contributed by atoms with van der Waals surface area (Å²) in [6.07, 6.45) is 4.71. The molecule has 7 heteroatoms. The maximum absolute atomic E-state index is 10.4. The molecule has 17 heavy (non-hydrogen) atoms. The zero-order valence-electron chi connectivity index (χ0n) is 9.07. The van der Waals surface area contributed by atoms with Crippen LogP contribution in [0.4, 0.5) is 0 Å². The van der Waals surface area contributed by atoms with Crippen molar-refractivity contribution in [2.75, 3.05) is 6.61 Å². The van der Waals surface area contributed by atoms with E-state index in [4.69, 9.17) is 9.84 Å². The smallest absolute Gasteiger partial charge is 0.341 e. The van der Waals surface area contributed by atoms with Gasteiger partial charge in [0.15, 0.2) is 6.61 Å². The van der Waals surface area contributed by atoms with E-state index in [1.807, 2.05) is 6.92 Å². The molecule has 0 atom stereocenters. The molecule has 0 aliphatic carbocycles. The highest BCUT2D eigenvalue weighted by Gasteiger charge is 2.05. The van der Waals surface area contributed by atoms with Crippen molar-refractivity contribution in [3.8, 4) is 11.7 Å². The van der Waals surface area contributed by atoms with E-state index in [2.05, 4.69) is 15.0 Å². The summed E-state index contributed by atoms with van der Waals surface area (Å²) in [6.45, 7) is 1.40. The van der Waals surface area contributed by atoms with E-state index >= 15 is 0 Å². The maximum Gasteiger partial charge on any atom is 0.341 e. The first-order valence-corrected chi connectivity index (χ1v) is 4.84. The van der Waals surface area contributed by atoms with Gasteiger partial charge in [-0.15, -0.1) is 0 Å². The van der Waals surface area contributed by atoms with Crippen LogP contribution >= 0.6 is 0 Å². The van der Waals surface area contributed by atoms with Crippen molar-refractivity contribution in [1.82, 2.24) is 19.5 Å². The van der Waals surface area contributed by atoms with Crippen LogP contribution in [0.5, 0.6) is 5.88 Å². The number of carbonyl (C=O) groups is 1. The Labute approximate surface area is 96.7 Å². The molecule has 0 aromatic carbocycles. The highest BCUT2D eigenvalue weighted by Crippen LogP contribution is 2.12. The molecule has 1 N–H and O–H groups in total. The summed E-state index contributed by atoms with van der Waals surface area (Å²) in [4.78, 5) is 22.3. The average Bonchev–Trinajstić information content (AvgIpc) is 2.73. The number of carboxylic acids is 1. The summed E-state index contributed by atoms with van der Waals surface area (Å²) < 4.78 is 6.71. The molecule has 0 spiro atoms. The fourth-order valence-corrected chi connectivity index (χ4v) is 1.30. The van der Waals surface area contributed by atoms with Crippen molar-refractivity contribution in [3.63, 3.8) is 0 Å². The lowest BCUT2D eigenvalue weighted by Gasteiger charge is -2.05. The Balaban J connectivity index is 2.23. The second-order valence-corrected chi connectivity index (χ2v) is 3.24. The van der Waals surface area contributed by atoms with Crippen molar-refractivity contribution in [2.45, 2.75) is 6.92 Å². The third-order valence-corrected chi connectivity index (χ3v) is 2.04. The Morgan fingerprint density at radius 1 is 1.47 bits per heavy atom. The molecule has 88 valence electrons. The average molecular weight is 234 g/mol. The van der Waals surface area contributed by atoms with Gasteiger partial charge in [-0.3, -0.25) is 4.57 Å². The van der Waals surface area contributed by atoms with E-state index in [-0.39, 0.29) is 5.88 Å². The SMILES string of the molecule is Cc1nccn1-c1cc(OCC(=O)O)ncn1. The van der Waals surface area contributed by atoms with Gasteiger partial charge in [0.2, 0.25) is 5.88 Å². The molecule has 0 bridgehead atoms. The van der Waals surface area contributed by atoms with Gasteiger partial charge < -0.3 is 9.84 Å². The van der Waals surface area contributed by atoms with Gasteiger partial charge in [-0.1, -0.05) is 0 Å². The molecular formula is C10H10N4O3. The van der Waals surface area contributed by atoms with Crippen LogP contribution < -0.4 is 4.74 Å². The second kappa shape index (κ2) is 4.60. The van der Waals surface area contributed by atoms with Crippen molar-refractivity contribution in [1.29, 1.82) is 0 Å². The van der Waals surface area contributed by atoms with Crippen molar-refractivity contribution in [2.24, 2.45) is 0 Å². The van der Waals surface area contributed by atoms with Crippen LogP contribution in [-0.4, -0.2) is 37.2 Å². The monoisotopic (exact) mass is 234 g/mol. The number of carboxylic acid groups (broad SMARTS) is 1. The molecule has 0 aliphatic heterocycles. The van der Waals surface area contributed by atoms with Gasteiger partial charge in [0.1, 0.15) is 18.0 Å². The van der Waals surface area contributed by atoms with Gasteiger partial charge in [-0.05, 0) is 6.92 Å². The molecule has 0 radical (unpaired) electrons. The van der Waals surface area contributed by atoms with E-state index in [0.29, 0.717) is 5.82 Å². The highest BCUT2D eigenvalue weighted by molar-refractivity contribution is 5.68. The van der Waals surface area contributed by atoms with Crippen LogP contribution in [0, 0.1) is 6.92 Å². The number of aliphatic carboxylic acids is 1. The third-order valence-electron chi connectivity index (χ3n) is 2.04. The van der Waals surface area contributed by atoms with E-state index in [1.54, 1.807) is 23.0 Å². The Bertz CT molecular complexity index is 538. The molecule has 0 amide bonds. The number of aryl methyl sites for hydroxylation is 1. The standard InChI is InChI=1S/C10H10N4O3/c1-7-11-2-3-14(7)8-4-9(13-6-12-8)17-5-10(15)16/h2-4,6H,5H2,1H3,(H,15,16). The Kier molecular flexibility index (Phi) is 2.99.